The van der Waals surface area contributed by atoms with Gasteiger partial charge in [-0.25, -0.2) is 0 Å². The van der Waals surface area contributed by atoms with E-state index in [-0.39, 0.29) is 11.7 Å². The fourth-order valence-corrected chi connectivity index (χ4v) is 2.49. The molecule has 0 aliphatic heterocycles. The Hall–Kier alpha value is -2.27. The van der Waals surface area contributed by atoms with Crippen molar-refractivity contribution in [2.24, 2.45) is 0 Å². The molecule has 0 spiro atoms. The van der Waals surface area contributed by atoms with E-state index in [0.29, 0.717) is 17.0 Å². The number of benzene rings is 2. The first kappa shape index (κ1) is 15.1. The zero-order chi connectivity index (χ0) is 15.1. The molecule has 0 fully saturated rings. The number of ether oxygens (including phenoxy) is 1. The van der Waals surface area contributed by atoms with Crippen molar-refractivity contribution in [2.45, 2.75) is 4.90 Å². The van der Waals surface area contributed by atoms with E-state index in [4.69, 9.17) is 4.74 Å². The van der Waals surface area contributed by atoms with E-state index in [1.54, 1.807) is 37.4 Å². The summed E-state index contributed by atoms with van der Waals surface area (Å²) in [6.45, 7) is 0. The van der Waals surface area contributed by atoms with E-state index < -0.39 is 0 Å². The number of anilines is 1. The van der Waals surface area contributed by atoms with Gasteiger partial charge in [-0.05, 0) is 24.3 Å². The highest BCUT2D eigenvalue weighted by molar-refractivity contribution is 8.00. The SMILES string of the molecule is COc1cccc(NC(=O)CSc2cccc(C=O)c2)c1. The molecular weight excluding hydrogens is 286 g/mol. The second-order valence-electron chi connectivity index (χ2n) is 4.26. The number of nitrogens with one attached hydrogen (secondary N) is 1. The third-order valence-corrected chi connectivity index (χ3v) is 3.71. The Morgan fingerprint density at radius 2 is 2.05 bits per heavy atom. The molecule has 2 aromatic rings. The topological polar surface area (TPSA) is 55.4 Å². The van der Waals surface area contributed by atoms with E-state index in [1.807, 2.05) is 18.2 Å². The molecule has 2 rings (SSSR count). The lowest BCUT2D eigenvalue weighted by Crippen LogP contribution is -2.13. The minimum absolute atomic E-state index is 0.107. The van der Waals surface area contributed by atoms with Crippen LogP contribution in [0.2, 0.25) is 0 Å². The third-order valence-electron chi connectivity index (χ3n) is 2.72. The lowest BCUT2D eigenvalue weighted by atomic mass is 10.2. The summed E-state index contributed by atoms with van der Waals surface area (Å²) in [6, 6.07) is 14.4. The van der Waals surface area contributed by atoms with E-state index in [9.17, 15) is 9.59 Å². The maximum Gasteiger partial charge on any atom is 0.234 e. The molecule has 0 saturated heterocycles. The van der Waals surface area contributed by atoms with Crippen molar-refractivity contribution < 1.29 is 14.3 Å². The van der Waals surface area contributed by atoms with E-state index >= 15 is 0 Å². The van der Waals surface area contributed by atoms with Crippen LogP contribution in [0, 0.1) is 0 Å². The van der Waals surface area contributed by atoms with Gasteiger partial charge in [0.25, 0.3) is 0 Å². The Balaban J connectivity index is 1.90. The number of carbonyl (C=O) groups excluding carboxylic acids is 2. The van der Waals surface area contributed by atoms with Crippen LogP contribution in [0.25, 0.3) is 0 Å². The Morgan fingerprint density at radius 1 is 1.24 bits per heavy atom. The smallest absolute Gasteiger partial charge is 0.234 e. The van der Waals surface area contributed by atoms with Crippen LogP contribution in [0.3, 0.4) is 0 Å². The molecule has 2 aromatic carbocycles. The third kappa shape index (κ3) is 4.65. The summed E-state index contributed by atoms with van der Waals surface area (Å²) < 4.78 is 5.10. The molecular formula is C16H15NO3S. The van der Waals surface area contributed by atoms with Crippen LogP contribution in [0.4, 0.5) is 5.69 Å². The number of methoxy groups -OCH3 is 1. The maximum absolute atomic E-state index is 11.9. The molecule has 0 bridgehead atoms. The quantitative estimate of drug-likeness (QED) is 0.657. The van der Waals surface area contributed by atoms with Crippen molar-refractivity contribution in [1.29, 1.82) is 0 Å². The van der Waals surface area contributed by atoms with Crippen molar-refractivity contribution in [2.75, 3.05) is 18.2 Å². The maximum atomic E-state index is 11.9. The first-order valence-electron chi connectivity index (χ1n) is 6.33. The Bertz CT molecular complexity index is 643. The summed E-state index contributed by atoms with van der Waals surface area (Å²) in [5, 5.41) is 2.81. The number of hydrogen-bond donors (Lipinski definition) is 1. The predicted octanol–water partition coefficient (Wildman–Crippen LogP) is 3.24. The predicted molar refractivity (Wildman–Crippen MR) is 84.2 cm³/mol. The number of rotatable bonds is 6. The fraction of sp³-hybridized carbons (Fsp3) is 0.125. The van der Waals surface area contributed by atoms with Crippen LogP contribution >= 0.6 is 11.8 Å². The van der Waals surface area contributed by atoms with Crippen molar-refractivity contribution in [3.05, 3.63) is 54.1 Å². The fourth-order valence-electron chi connectivity index (χ4n) is 1.72. The largest absolute Gasteiger partial charge is 0.497 e. The van der Waals surface area contributed by atoms with Crippen LogP contribution < -0.4 is 10.1 Å². The Labute approximate surface area is 127 Å². The highest BCUT2D eigenvalue weighted by Gasteiger charge is 2.05. The molecule has 4 nitrogen and oxygen atoms in total. The van der Waals surface area contributed by atoms with Crippen molar-refractivity contribution in [3.8, 4) is 5.75 Å². The minimum Gasteiger partial charge on any atom is -0.497 e. The summed E-state index contributed by atoms with van der Waals surface area (Å²) >= 11 is 1.39. The summed E-state index contributed by atoms with van der Waals surface area (Å²) in [5.41, 5.74) is 1.30. The molecule has 1 N–H and O–H groups in total. The molecule has 0 aliphatic rings. The van der Waals surface area contributed by atoms with Crippen LogP contribution in [-0.2, 0) is 4.79 Å². The summed E-state index contributed by atoms with van der Waals surface area (Å²) in [4.78, 5) is 23.5. The van der Waals surface area contributed by atoms with Gasteiger partial charge in [0.15, 0.2) is 0 Å². The van der Waals surface area contributed by atoms with E-state index in [2.05, 4.69) is 5.32 Å². The van der Waals surface area contributed by atoms with Crippen LogP contribution in [-0.4, -0.2) is 25.1 Å². The summed E-state index contributed by atoms with van der Waals surface area (Å²) in [6.07, 6.45) is 0.792. The van der Waals surface area contributed by atoms with Gasteiger partial charge in [0, 0.05) is 22.2 Å². The highest BCUT2D eigenvalue weighted by Crippen LogP contribution is 2.20. The Kier molecular flexibility index (Phi) is 5.40. The molecule has 0 radical (unpaired) electrons. The molecule has 0 unspecified atom stereocenters. The summed E-state index contributed by atoms with van der Waals surface area (Å²) in [7, 11) is 1.58. The second-order valence-corrected chi connectivity index (χ2v) is 5.31. The van der Waals surface area contributed by atoms with Crippen molar-refractivity contribution in [1.82, 2.24) is 0 Å². The summed E-state index contributed by atoms with van der Waals surface area (Å²) in [5.74, 6) is 0.864. The minimum atomic E-state index is -0.107. The molecule has 0 aliphatic carbocycles. The van der Waals surface area contributed by atoms with Gasteiger partial charge in [0.1, 0.15) is 12.0 Å². The lowest BCUT2D eigenvalue weighted by Gasteiger charge is -2.07. The number of hydrogen-bond acceptors (Lipinski definition) is 4. The van der Waals surface area contributed by atoms with Gasteiger partial charge in [-0.15, -0.1) is 11.8 Å². The number of carbonyl (C=O) groups is 2. The van der Waals surface area contributed by atoms with Gasteiger partial charge < -0.3 is 10.1 Å². The second kappa shape index (κ2) is 7.50. The van der Waals surface area contributed by atoms with Gasteiger partial charge in [-0.2, -0.15) is 0 Å². The molecule has 0 aromatic heterocycles. The van der Waals surface area contributed by atoms with Gasteiger partial charge in [-0.3, -0.25) is 9.59 Å². The zero-order valence-corrected chi connectivity index (χ0v) is 12.4. The molecule has 108 valence electrons. The van der Waals surface area contributed by atoms with Gasteiger partial charge >= 0.3 is 0 Å². The number of amides is 1. The van der Waals surface area contributed by atoms with Crippen LogP contribution in [0.5, 0.6) is 5.75 Å². The highest BCUT2D eigenvalue weighted by atomic mass is 32.2. The van der Waals surface area contributed by atoms with Crippen molar-refractivity contribution >= 4 is 29.6 Å². The first-order chi connectivity index (χ1) is 10.2. The van der Waals surface area contributed by atoms with Gasteiger partial charge in [-0.1, -0.05) is 18.2 Å². The molecule has 0 saturated carbocycles. The standard InChI is InChI=1S/C16H15NO3S/c1-20-14-6-3-5-13(9-14)17-16(19)11-21-15-7-2-4-12(8-15)10-18/h2-10H,11H2,1H3,(H,17,19). The molecule has 21 heavy (non-hydrogen) atoms. The van der Waals surface area contributed by atoms with Gasteiger partial charge in [0.05, 0.1) is 12.9 Å². The van der Waals surface area contributed by atoms with Gasteiger partial charge in [0.2, 0.25) is 5.91 Å². The monoisotopic (exact) mass is 301 g/mol. The molecule has 0 atom stereocenters. The normalized spacial score (nSPS) is 9.95. The van der Waals surface area contributed by atoms with Crippen LogP contribution in [0.15, 0.2) is 53.4 Å². The first-order valence-corrected chi connectivity index (χ1v) is 7.32. The average Bonchev–Trinajstić information content (AvgIpc) is 2.53. The molecule has 0 heterocycles. The van der Waals surface area contributed by atoms with E-state index in [1.165, 1.54) is 11.8 Å². The molecule has 1 amide bonds. The molecule has 5 heteroatoms. The number of thioether (sulfide) groups is 1. The Morgan fingerprint density at radius 3 is 2.81 bits per heavy atom. The van der Waals surface area contributed by atoms with Crippen LogP contribution in [0.1, 0.15) is 10.4 Å². The average molecular weight is 301 g/mol. The van der Waals surface area contributed by atoms with Crippen molar-refractivity contribution in [3.63, 3.8) is 0 Å². The zero-order valence-electron chi connectivity index (χ0n) is 11.5. The van der Waals surface area contributed by atoms with E-state index in [0.717, 1.165) is 11.2 Å². The lowest BCUT2D eigenvalue weighted by molar-refractivity contribution is -0.113. The number of aldehydes is 1.